The molecule has 3 nitrogen and oxygen atoms in total. The van der Waals surface area contributed by atoms with E-state index in [4.69, 9.17) is 0 Å². The third-order valence-electron chi connectivity index (χ3n) is 1.96. The predicted octanol–water partition coefficient (Wildman–Crippen LogP) is 1.56. The molecule has 0 aliphatic carbocycles. The van der Waals surface area contributed by atoms with Crippen molar-refractivity contribution in [1.29, 1.82) is 0 Å². The van der Waals surface area contributed by atoms with Gasteiger partial charge in [0, 0.05) is 19.8 Å². The van der Waals surface area contributed by atoms with Gasteiger partial charge in [-0.25, -0.2) is 4.98 Å². The third kappa shape index (κ3) is 4.08. The van der Waals surface area contributed by atoms with Crippen LogP contribution in [-0.4, -0.2) is 16.1 Å². The van der Waals surface area contributed by atoms with E-state index in [1.807, 2.05) is 24.1 Å². The summed E-state index contributed by atoms with van der Waals surface area (Å²) >= 11 is 0. The third-order valence-corrected chi connectivity index (χ3v) is 1.96. The van der Waals surface area contributed by atoms with Gasteiger partial charge in [0.15, 0.2) is 0 Å². The number of nitrogens with one attached hydrogen (secondary N) is 1. The van der Waals surface area contributed by atoms with E-state index >= 15 is 0 Å². The van der Waals surface area contributed by atoms with E-state index in [9.17, 15) is 0 Å². The summed E-state index contributed by atoms with van der Waals surface area (Å²) in [5.41, 5.74) is 1.12. The lowest BCUT2D eigenvalue weighted by Crippen LogP contribution is -2.16. The van der Waals surface area contributed by atoms with Crippen LogP contribution >= 0.6 is 0 Å². The highest BCUT2D eigenvalue weighted by molar-refractivity contribution is 4.95. The van der Waals surface area contributed by atoms with Gasteiger partial charge >= 0.3 is 0 Å². The second-order valence-corrected chi connectivity index (χ2v) is 3.89. The monoisotopic (exact) mass is 181 g/mol. The highest BCUT2D eigenvalue weighted by Crippen LogP contribution is 1.97. The van der Waals surface area contributed by atoms with Crippen LogP contribution in [0.15, 0.2) is 12.5 Å². The molecule has 1 aromatic rings. The fourth-order valence-corrected chi connectivity index (χ4v) is 1.17. The molecule has 0 aromatic carbocycles. The van der Waals surface area contributed by atoms with Gasteiger partial charge in [0.2, 0.25) is 0 Å². The summed E-state index contributed by atoms with van der Waals surface area (Å²) in [6.45, 7) is 6.44. The second-order valence-electron chi connectivity index (χ2n) is 3.89. The highest BCUT2D eigenvalue weighted by Gasteiger charge is 1.96. The van der Waals surface area contributed by atoms with Gasteiger partial charge in [0.1, 0.15) is 0 Å². The Morgan fingerprint density at radius 3 is 2.85 bits per heavy atom. The lowest BCUT2D eigenvalue weighted by molar-refractivity contribution is 0.535. The Morgan fingerprint density at radius 2 is 2.31 bits per heavy atom. The van der Waals surface area contributed by atoms with Crippen molar-refractivity contribution in [2.45, 2.75) is 26.8 Å². The first-order valence-electron chi connectivity index (χ1n) is 4.86. The Labute approximate surface area is 80.2 Å². The van der Waals surface area contributed by atoms with Crippen LogP contribution in [0.2, 0.25) is 0 Å². The standard InChI is InChI=1S/C10H19N3/c1-9(2)4-5-11-6-10-7-13(3)8-12-10/h7-9,11H,4-6H2,1-3H3. The van der Waals surface area contributed by atoms with E-state index in [0.29, 0.717) is 0 Å². The van der Waals surface area contributed by atoms with Crippen LogP contribution in [0.25, 0.3) is 0 Å². The van der Waals surface area contributed by atoms with Crippen molar-refractivity contribution in [3.05, 3.63) is 18.2 Å². The van der Waals surface area contributed by atoms with E-state index in [0.717, 1.165) is 24.7 Å². The molecular formula is C10H19N3. The topological polar surface area (TPSA) is 29.9 Å². The largest absolute Gasteiger partial charge is 0.340 e. The number of aryl methyl sites for hydroxylation is 1. The van der Waals surface area contributed by atoms with E-state index in [-0.39, 0.29) is 0 Å². The van der Waals surface area contributed by atoms with Crippen molar-refractivity contribution in [2.24, 2.45) is 13.0 Å². The fourth-order valence-electron chi connectivity index (χ4n) is 1.17. The van der Waals surface area contributed by atoms with E-state index in [1.165, 1.54) is 6.42 Å². The molecule has 0 aliphatic heterocycles. The summed E-state index contributed by atoms with van der Waals surface area (Å²) in [7, 11) is 1.99. The molecule has 1 N–H and O–H groups in total. The first-order chi connectivity index (χ1) is 6.18. The highest BCUT2D eigenvalue weighted by atomic mass is 15.0. The average molecular weight is 181 g/mol. The number of aromatic nitrogens is 2. The molecule has 0 fully saturated rings. The van der Waals surface area contributed by atoms with Gasteiger partial charge in [0.05, 0.1) is 12.0 Å². The zero-order valence-corrected chi connectivity index (χ0v) is 8.75. The molecule has 0 bridgehead atoms. The fraction of sp³-hybridized carbons (Fsp3) is 0.700. The van der Waals surface area contributed by atoms with E-state index in [2.05, 4.69) is 24.1 Å². The quantitative estimate of drug-likeness (QED) is 0.699. The number of rotatable bonds is 5. The molecule has 3 heteroatoms. The minimum Gasteiger partial charge on any atom is -0.340 e. The molecule has 74 valence electrons. The summed E-state index contributed by atoms with van der Waals surface area (Å²) in [5.74, 6) is 0.774. The Balaban J connectivity index is 2.13. The van der Waals surface area contributed by atoms with Gasteiger partial charge in [-0.2, -0.15) is 0 Å². The molecule has 0 spiro atoms. The molecule has 0 unspecified atom stereocenters. The number of imidazole rings is 1. The molecule has 0 saturated heterocycles. The Hall–Kier alpha value is -0.830. The summed E-state index contributed by atoms with van der Waals surface area (Å²) in [4.78, 5) is 4.23. The van der Waals surface area contributed by atoms with Crippen molar-refractivity contribution >= 4 is 0 Å². The molecule has 0 aliphatic rings. The summed E-state index contributed by atoms with van der Waals surface area (Å²) in [6, 6.07) is 0. The second kappa shape index (κ2) is 5.02. The van der Waals surface area contributed by atoms with E-state index in [1.54, 1.807) is 0 Å². The van der Waals surface area contributed by atoms with Crippen LogP contribution in [0.5, 0.6) is 0 Å². The first kappa shape index (κ1) is 10.3. The average Bonchev–Trinajstić information content (AvgIpc) is 2.45. The maximum Gasteiger partial charge on any atom is 0.0947 e. The van der Waals surface area contributed by atoms with Crippen LogP contribution in [0.3, 0.4) is 0 Å². The Morgan fingerprint density at radius 1 is 1.54 bits per heavy atom. The maximum absolute atomic E-state index is 4.23. The molecule has 1 aromatic heterocycles. The van der Waals surface area contributed by atoms with Crippen molar-refractivity contribution < 1.29 is 0 Å². The SMILES string of the molecule is CC(C)CCNCc1cn(C)cn1. The van der Waals surface area contributed by atoms with Crippen molar-refractivity contribution in [1.82, 2.24) is 14.9 Å². The molecule has 0 atom stereocenters. The van der Waals surface area contributed by atoms with Crippen molar-refractivity contribution in [2.75, 3.05) is 6.54 Å². The van der Waals surface area contributed by atoms with Gasteiger partial charge in [0.25, 0.3) is 0 Å². The Kier molecular flexibility index (Phi) is 3.96. The van der Waals surface area contributed by atoms with E-state index < -0.39 is 0 Å². The smallest absolute Gasteiger partial charge is 0.0947 e. The van der Waals surface area contributed by atoms with Gasteiger partial charge in [-0.1, -0.05) is 13.8 Å². The van der Waals surface area contributed by atoms with Crippen LogP contribution in [0.1, 0.15) is 26.0 Å². The lowest BCUT2D eigenvalue weighted by Gasteiger charge is -2.04. The summed E-state index contributed by atoms with van der Waals surface area (Å²) in [5, 5.41) is 3.37. The Bertz CT molecular complexity index is 240. The van der Waals surface area contributed by atoms with Crippen LogP contribution in [0.4, 0.5) is 0 Å². The number of hydrogen-bond acceptors (Lipinski definition) is 2. The van der Waals surface area contributed by atoms with Gasteiger partial charge in [-0.3, -0.25) is 0 Å². The minimum atomic E-state index is 0.774. The molecule has 0 amide bonds. The maximum atomic E-state index is 4.23. The lowest BCUT2D eigenvalue weighted by atomic mass is 10.1. The molecule has 1 heterocycles. The van der Waals surface area contributed by atoms with Crippen LogP contribution < -0.4 is 5.32 Å². The molecule has 1 rings (SSSR count). The van der Waals surface area contributed by atoms with Crippen LogP contribution in [-0.2, 0) is 13.6 Å². The normalized spacial score (nSPS) is 11.1. The van der Waals surface area contributed by atoms with Gasteiger partial charge in [-0.15, -0.1) is 0 Å². The predicted molar refractivity (Wildman–Crippen MR) is 54.4 cm³/mol. The van der Waals surface area contributed by atoms with Gasteiger partial charge in [-0.05, 0) is 18.9 Å². The van der Waals surface area contributed by atoms with Crippen molar-refractivity contribution in [3.63, 3.8) is 0 Å². The number of nitrogens with zero attached hydrogens (tertiary/aromatic N) is 2. The summed E-state index contributed by atoms with van der Waals surface area (Å²) < 4.78 is 1.97. The first-order valence-corrected chi connectivity index (χ1v) is 4.86. The number of hydrogen-bond donors (Lipinski definition) is 1. The zero-order chi connectivity index (χ0) is 9.68. The minimum absolute atomic E-state index is 0.774. The molecule has 0 saturated carbocycles. The molecule has 0 radical (unpaired) electrons. The van der Waals surface area contributed by atoms with Crippen molar-refractivity contribution in [3.8, 4) is 0 Å². The van der Waals surface area contributed by atoms with Gasteiger partial charge < -0.3 is 9.88 Å². The summed E-state index contributed by atoms with van der Waals surface area (Å²) in [6.07, 6.45) is 5.11. The van der Waals surface area contributed by atoms with Crippen LogP contribution in [0, 0.1) is 5.92 Å². The molecule has 13 heavy (non-hydrogen) atoms. The zero-order valence-electron chi connectivity index (χ0n) is 8.75. The molecular weight excluding hydrogens is 162 g/mol.